The zero-order chi connectivity index (χ0) is 7.84. The zero-order valence-corrected chi connectivity index (χ0v) is 5.22. The number of imidazole rings is 1. The van der Waals surface area contributed by atoms with Crippen molar-refractivity contribution in [2.75, 3.05) is 0 Å². The van der Waals surface area contributed by atoms with Crippen molar-refractivity contribution in [2.24, 2.45) is 0 Å². The minimum Gasteiger partial charge on any atom is -0.407 e. The van der Waals surface area contributed by atoms with Gasteiger partial charge in [0.25, 0.3) is 0 Å². The second-order valence-corrected chi connectivity index (χ2v) is 1.89. The zero-order valence-electron chi connectivity index (χ0n) is 5.22. The van der Waals surface area contributed by atoms with E-state index in [0.29, 0.717) is 0 Å². The van der Waals surface area contributed by atoms with Crippen molar-refractivity contribution in [3.8, 4) is 0 Å². The molecule has 0 bridgehead atoms. The molecular formula is C4H3N5O2. The molecule has 7 nitrogen and oxygen atoms in total. The van der Waals surface area contributed by atoms with E-state index in [1.54, 1.807) is 0 Å². The van der Waals surface area contributed by atoms with Crippen molar-refractivity contribution in [3.63, 3.8) is 0 Å². The molecule has 2 aromatic rings. The van der Waals surface area contributed by atoms with Crippen LogP contribution in [-0.4, -0.2) is 30.3 Å². The summed E-state index contributed by atoms with van der Waals surface area (Å²) in [7, 11) is 0. The Labute approximate surface area is 59.3 Å². The largest absolute Gasteiger partial charge is 0.407 e. The highest BCUT2D eigenvalue weighted by Gasteiger charge is 2.04. The molecule has 0 unspecified atom stereocenters. The summed E-state index contributed by atoms with van der Waals surface area (Å²) in [5.74, 6) is 0. The fourth-order valence-corrected chi connectivity index (χ4v) is 0.746. The quantitative estimate of drug-likeness (QED) is 0.461. The molecule has 0 amide bonds. The Hall–Kier alpha value is -1.92. The molecular weight excluding hydrogens is 150 g/mol. The summed E-state index contributed by atoms with van der Waals surface area (Å²) in [6.45, 7) is 0. The molecule has 2 rings (SSSR count). The summed E-state index contributed by atoms with van der Waals surface area (Å²) >= 11 is 0. The molecule has 0 fully saturated rings. The molecule has 2 aromatic heterocycles. The van der Waals surface area contributed by atoms with Gasteiger partial charge in [-0.3, -0.25) is 4.79 Å². The SMILES string of the molecule is O=c1c2[nH]cnc2nnn1O. The van der Waals surface area contributed by atoms with E-state index in [0.717, 1.165) is 0 Å². The van der Waals surface area contributed by atoms with Gasteiger partial charge in [0.05, 0.1) is 6.33 Å². The van der Waals surface area contributed by atoms with Gasteiger partial charge in [-0.1, -0.05) is 0 Å². The minimum absolute atomic E-state index is 0.141. The third-order valence-corrected chi connectivity index (χ3v) is 1.24. The maximum atomic E-state index is 10.9. The summed E-state index contributed by atoms with van der Waals surface area (Å²) in [6, 6.07) is 0. The van der Waals surface area contributed by atoms with Crippen LogP contribution in [0.5, 0.6) is 0 Å². The number of H-pyrrole nitrogens is 1. The lowest BCUT2D eigenvalue weighted by molar-refractivity contribution is 0.127. The third-order valence-electron chi connectivity index (χ3n) is 1.24. The molecule has 0 aliphatic heterocycles. The van der Waals surface area contributed by atoms with Crippen LogP contribution in [0.1, 0.15) is 0 Å². The van der Waals surface area contributed by atoms with Crippen molar-refractivity contribution in [2.45, 2.75) is 0 Å². The van der Waals surface area contributed by atoms with Crippen LogP contribution in [-0.2, 0) is 0 Å². The monoisotopic (exact) mass is 153 g/mol. The lowest BCUT2D eigenvalue weighted by atomic mass is 10.6. The van der Waals surface area contributed by atoms with Gasteiger partial charge in [-0.05, 0) is 10.1 Å². The topological polar surface area (TPSA) is 96.7 Å². The Morgan fingerprint density at radius 2 is 2.45 bits per heavy atom. The smallest absolute Gasteiger partial charge is 0.331 e. The van der Waals surface area contributed by atoms with E-state index < -0.39 is 5.56 Å². The lowest BCUT2D eigenvalue weighted by Gasteiger charge is -1.88. The molecule has 0 saturated carbocycles. The van der Waals surface area contributed by atoms with Gasteiger partial charge in [0.1, 0.15) is 0 Å². The van der Waals surface area contributed by atoms with Crippen LogP contribution in [0.3, 0.4) is 0 Å². The van der Waals surface area contributed by atoms with Gasteiger partial charge >= 0.3 is 5.56 Å². The number of fused-ring (bicyclic) bond motifs is 1. The molecule has 2 heterocycles. The second-order valence-electron chi connectivity index (χ2n) is 1.89. The third kappa shape index (κ3) is 0.672. The number of rotatable bonds is 0. The summed E-state index contributed by atoms with van der Waals surface area (Å²) in [6.07, 6.45) is 1.31. The van der Waals surface area contributed by atoms with Crippen LogP contribution >= 0.6 is 0 Å². The summed E-state index contributed by atoms with van der Waals surface area (Å²) in [5.41, 5.74) is -0.324. The number of nitrogens with one attached hydrogen (secondary N) is 1. The van der Waals surface area contributed by atoms with Crippen LogP contribution in [0.4, 0.5) is 0 Å². The Morgan fingerprint density at radius 3 is 3.27 bits per heavy atom. The first kappa shape index (κ1) is 5.83. The fraction of sp³-hybridized carbons (Fsp3) is 0. The molecule has 2 N–H and O–H groups in total. The van der Waals surface area contributed by atoms with E-state index in [1.807, 2.05) is 0 Å². The molecule has 0 atom stereocenters. The minimum atomic E-state index is -0.660. The van der Waals surface area contributed by atoms with Gasteiger partial charge in [-0.2, -0.15) is 0 Å². The van der Waals surface area contributed by atoms with E-state index in [4.69, 9.17) is 5.21 Å². The van der Waals surface area contributed by atoms with Gasteiger partial charge < -0.3 is 10.2 Å². The van der Waals surface area contributed by atoms with Gasteiger partial charge in [-0.25, -0.2) is 4.98 Å². The Balaban J connectivity index is 3.05. The number of nitrogens with zero attached hydrogens (tertiary/aromatic N) is 4. The second kappa shape index (κ2) is 1.78. The molecule has 0 aliphatic rings. The average Bonchev–Trinajstić information content (AvgIpc) is 2.45. The maximum Gasteiger partial charge on any atom is 0.331 e. The fourth-order valence-electron chi connectivity index (χ4n) is 0.746. The first-order valence-corrected chi connectivity index (χ1v) is 2.77. The highest BCUT2D eigenvalue weighted by Crippen LogP contribution is 1.93. The first-order valence-electron chi connectivity index (χ1n) is 2.77. The van der Waals surface area contributed by atoms with Gasteiger partial charge in [0.15, 0.2) is 5.52 Å². The number of hydrogen-bond donors (Lipinski definition) is 2. The lowest BCUT2D eigenvalue weighted by Crippen LogP contribution is -2.21. The molecule has 0 spiro atoms. The molecule has 0 aromatic carbocycles. The number of aromatic amines is 1. The van der Waals surface area contributed by atoms with E-state index >= 15 is 0 Å². The molecule has 11 heavy (non-hydrogen) atoms. The highest BCUT2D eigenvalue weighted by molar-refractivity contribution is 5.66. The van der Waals surface area contributed by atoms with Crippen molar-refractivity contribution < 1.29 is 5.21 Å². The molecule has 56 valence electrons. The Bertz CT molecular complexity index is 443. The average molecular weight is 153 g/mol. The summed E-state index contributed by atoms with van der Waals surface area (Å²) in [4.78, 5) is 17.3. The molecule has 0 aliphatic carbocycles. The van der Waals surface area contributed by atoms with Gasteiger partial charge in [0.2, 0.25) is 5.65 Å². The molecule has 0 radical (unpaired) electrons. The maximum absolute atomic E-state index is 10.9. The van der Waals surface area contributed by atoms with Crippen molar-refractivity contribution in [1.29, 1.82) is 0 Å². The predicted molar refractivity (Wildman–Crippen MR) is 33.1 cm³/mol. The van der Waals surface area contributed by atoms with E-state index in [2.05, 4.69) is 20.3 Å². The van der Waals surface area contributed by atoms with Crippen molar-refractivity contribution in [1.82, 2.24) is 25.1 Å². The molecule has 0 saturated heterocycles. The normalized spacial score (nSPS) is 10.5. The van der Waals surface area contributed by atoms with E-state index in [9.17, 15) is 4.79 Å². The first-order chi connectivity index (χ1) is 5.29. The van der Waals surface area contributed by atoms with Crippen molar-refractivity contribution >= 4 is 11.2 Å². The standard InChI is InChI=1S/C4H3N5O2/c10-4-2-3(6-1-5-2)7-8-9(4)11/h1,11H,(H,5,6). The van der Waals surface area contributed by atoms with Crippen molar-refractivity contribution in [3.05, 3.63) is 16.7 Å². The molecule has 7 heteroatoms. The van der Waals surface area contributed by atoms with Gasteiger partial charge in [0, 0.05) is 0 Å². The van der Waals surface area contributed by atoms with E-state index in [1.165, 1.54) is 6.33 Å². The number of aromatic nitrogens is 5. The van der Waals surface area contributed by atoms with E-state index in [-0.39, 0.29) is 16.0 Å². The van der Waals surface area contributed by atoms with Crippen LogP contribution in [0.2, 0.25) is 0 Å². The Kier molecular flexibility index (Phi) is 0.945. The van der Waals surface area contributed by atoms with Gasteiger partial charge in [-0.15, -0.1) is 5.10 Å². The highest BCUT2D eigenvalue weighted by atomic mass is 16.5. The van der Waals surface area contributed by atoms with Crippen LogP contribution in [0.15, 0.2) is 11.1 Å². The summed E-state index contributed by atoms with van der Waals surface area (Å²) in [5, 5.41) is 15.2. The Morgan fingerprint density at radius 1 is 1.64 bits per heavy atom. The van der Waals surface area contributed by atoms with Crippen LogP contribution in [0.25, 0.3) is 11.2 Å². The van der Waals surface area contributed by atoms with Crippen LogP contribution < -0.4 is 5.56 Å². The summed E-state index contributed by atoms with van der Waals surface area (Å²) < 4.78 is 0. The van der Waals surface area contributed by atoms with Crippen LogP contribution in [0, 0.1) is 0 Å². The number of hydrogen-bond acceptors (Lipinski definition) is 5. The predicted octanol–water partition coefficient (Wildman–Crippen LogP) is -1.25.